The second-order valence-electron chi connectivity index (χ2n) is 5.08. The van der Waals surface area contributed by atoms with E-state index in [2.05, 4.69) is 16.7 Å². The maximum Gasteiger partial charge on any atom is 0.255 e. The van der Waals surface area contributed by atoms with E-state index in [4.69, 9.17) is 0 Å². The summed E-state index contributed by atoms with van der Waals surface area (Å²) in [6, 6.07) is 17.2. The van der Waals surface area contributed by atoms with E-state index < -0.39 is 0 Å². The van der Waals surface area contributed by atoms with E-state index in [-0.39, 0.29) is 5.91 Å². The number of hydrogen-bond acceptors (Lipinski definition) is 3. The number of hydrogen-bond donors (Lipinski definition) is 1. The number of carbonyl (C=O) groups is 1. The summed E-state index contributed by atoms with van der Waals surface area (Å²) in [5, 5.41) is 7.08. The predicted octanol–water partition coefficient (Wildman–Crippen LogP) is 3.99. The second kappa shape index (κ2) is 7.15. The number of thioether (sulfide) groups is 1. The number of carbonyl (C=O) groups excluding carboxylic acids is 1. The SMILES string of the molecule is CSCc1ccc(C(=O)Nc2ccc(-n3cccn3)cc2)cc1. The number of nitrogens with zero attached hydrogens (tertiary/aromatic N) is 2. The van der Waals surface area contributed by atoms with Crippen molar-refractivity contribution < 1.29 is 4.79 Å². The molecule has 0 bridgehead atoms. The Morgan fingerprint density at radius 3 is 2.48 bits per heavy atom. The minimum atomic E-state index is -0.104. The molecule has 0 aliphatic rings. The molecule has 1 heterocycles. The summed E-state index contributed by atoms with van der Waals surface area (Å²) < 4.78 is 1.77. The molecule has 0 radical (unpaired) electrons. The van der Waals surface area contributed by atoms with Crippen molar-refractivity contribution in [2.24, 2.45) is 0 Å². The van der Waals surface area contributed by atoms with E-state index in [1.807, 2.05) is 60.8 Å². The van der Waals surface area contributed by atoms with Gasteiger partial charge < -0.3 is 5.32 Å². The maximum atomic E-state index is 12.3. The van der Waals surface area contributed by atoms with Crippen LogP contribution in [0.5, 0.6) is 0 Å². The molecule has 23 heavy (non-hydrogen) atoms. The normalized spacial score (nSPS) is 10.5. The van der Waals surface area contributed by atoms with Gasteiger partial charge in [0.1, 0.15) is 0 Å². The van der Waals surface area contributed by atoms with Gasteiger partial charge in [-0.15, -0.1) is 0 Å². The van der Waals surface area contributed by atoms with E-state index >= 15 is 0 Å². The van der Waals surface area contributed by atoms with Crippen LogP contribution in [0.3, 0.4) is 0 Å². The van der Waals surface area contributed by atoms with Gasteiger partial charge in [-0.25, -0.2) is 4.68 Å². The van der Waals surface area contributed by atoms with Gasteiger partial charge in [0.15, 0.2) is 0 Å². The molecule has 1 aromatic heterocycles. The van der Waals surface area contributed by atoms with Gasteiger partial charge >= 0.3 is 0 Å². The minimum Gasteiger partial charge on any atom is -0.322 e. The van der Waals surface area contributed by atoms with Crippen LogP contribution in [0.1, 0.15) is 15.9 Å². The molecule has 4 nitrogen and oxygen atoms in total. The first kappa shape index (κ1) is 15.4. The molecular formula is C18H17N3OS. The first-order valence-corrected chi connectivity index (χ1v) is 8.65. The fourth-order valence-corrected chi connectivity index (χ4v) is 2.77. The van der Waals surface area contributed by atoms with E-state index in [1.54, 1.807) is 22.6 Å². The molecule has 1 amide bonds. The standard InChI is InChI=1S/C18H17N3OS/c1-23-13-14-3-5-15(6-4-14)18(22)20-16-7-9-17(10-8-16)21-12-2-11-19-21/h2-12H,13H2,1H3,(H,20,22). The molecule has 2 aromatic carbocycles. The molecule has 1 N–H and O–H groups in total. The molecule has 0 aliphatic carbocycles. The molecule has 3 aromatic rings. The first-order chi connectivity index (χ1) is 11.3. The van der Waals surface area contributed by atoms with Crippen molar-refractivity contribution in [3.8, 4) is 5.69 Å². The first-order valence-electron chi connectivity index (χ1n) is 7.25. The third-order valence-electron chi connectivity index (χ3n) is 3.42. The molecule has 5 heteroatoms. The van der Waals surface area contributed by atoms with Crippen molar-refractivity contribution in [3.05, 3.63) is 78.1 Å². The van der Waals surface area contributed by atoms with Crippen molar-refractivity contribution >= 4 is 23.4 Å². The number of amides is 1. The van der Waals surface area contributed by atoms with Crippen LogP contribution in [-0.4, -0.2) is 21.9 Å². The zero-order chi connectivity index (χ0) is 16.1. The van der Waals surface area contributed by atoms with Gasteiger partial charge in [-0.2, -0.15) is 16.9 Å². The Morgan fingerprint density at radius 2 is 1.87 bits per heavy atom. The lowest BCUT2D eigenvalue weighted by molar-refractivity contribution is 0.102. The third kappa shape index (κ3) is 3.81. The Hall–Kier alpha value is -2.53. The highest BCUT2D eigenvalue weighted by atomic mass is 32.2. The van der Waals surface area contributed by atoms with Gasteiger partial charge in [0.2, 0.25) is 0 Å². The summed E-state index contributed by atoms with van der Waals surface area (Å²) in [5.74, 6) is 0.851. The zero-order valence-electron chi connectivity index (χ0n) is 12.8. The van der Waals surface area contributed by atoms with Gasteiger partial charge in [-0.3, -0.25) is 4.79 Å². The van der Waals surface area contributed by atoms with Crippen molar-refractivity contribution in [1.29, 1.82) is 0 Å². The van der Waals surface area contributed by atoms with Crippen LogP contribution in [0.25, 0.3) is 5.69 Å². The third-order valence-corrected chi connectivity index (χ3v) is 4.04. The van der Waals surface area contributed by atoms with Gasteiger partial charge in [0, 0.05) is 29.4 Å². The van der Waals surface area contributed by atoms with Crippen molar-refractivity contribution in [1.82, 2.24) is 9.78 Å². The Morgan fingerprint density at radius 1 is 1.13 bits per heavy atom. The predicted molar refractivity (Wildman–Crippen MR) is 95.2 cm³/mol. The summed E-state index contributed by atoms with van der Waals surface area (Å²) in [7, 11) is 0. The van der Waals surface area contributed by atoms with Crippen molar-refractivity contribution in [2.45, 2.75) is 5.75 Å². The van der Waals surface area contributed by atoms with E-state index in [0.29, 0.717) is 5.56 Å². The zero-order valence-corrected chi connectivity index (χ0v) is 13.6. The molecule has 0 saturated heterocycles. The molecule has 0 unspecified atom stereocenters. The average Bonchev–Trinajstić information content (AvgIpc) is 3.11. The quantitative estimate of drug-likeness (QED) is 0.772. The summed E-state index contributed by atoms with van der Waals surface area (Å²) in [5.41, 5.74) is 3.59. The molecule has 0 aliphatic heterocycles. The average molecular weight is 323 g/mol. The lowest BCUT2D eigenvalue weighted by Gasteiger charge is -2.07. The Kier molecular flexibility index (Phi) is 4.78. The Balaban J connectivity index is 1.67. The Bertz CT molecular complexity index is 765. The van der Waals surface area contributed by atoms with Crippen LogP contribution in [0.2, 0.25) is 0 Å². The summed E-state index contributed by atoms with van der Waals surface area (Å²) in [6.45, 7) is 0. The number of aromatic nitrogens is 2. The van der Waals surface area contributed by atoms with E-state index in [1.165, 1.54) is 5.56 Å². The highest BCUT2D eigenvalue weighted by Gasteiger charge is 2.06. The highest BCUT2D eigenvalue weighted by Crippen LogP contribution is 2.15. The number of benzene rings is 2. The van der Waals surface area contributed by atoms with Gasteiger partial charge in [-0.05, 0) is 54.3 Å². The number of nitrogens with one attached hydrogen (secondary N) is 1. The van der Waals surface area contributed by atoms with Gasteiger partial charge in [0.05, 0.1) is 5.69 Å². The van der Waals surface area contributed by atoms with Gasteiger partial charge in [-0.1, -0.05) is 12.1 Å². The largest absolute Gasteiger partial charge is 0.322 e. The lowest BCUT2D eigenvalue weighted by atomic mass is 10.1. The minimum absolute atomic E-state index is 0.104. The Labute approximate surface area is 139 Å². The van der Waals surface area contributed by atoms with Crippen LogP contribution in [-0.2, 0) is 5.75 Å². The summed E-state index contributed by atoms with van der Waals surface area (Å²) in [4.78, 5) is 12.3. The molecule has 0 spiro atoms. The molecular weight excluding hydrogens is 306 g/mol. The van der Waals surface area contributed by atoms with Gasteiger partial charge in [0.25, 0.3) is 5.91 Å². The number of rotatable bonds is 5. The highest BCUT2D eigenvalue weighted by molar-refractivity contribution is 7.97. The molecule has 0 atom stereocenters. The smallest absolute Gasteiger partial charge is 0.255 e. The fraction of sp³-hybridized carbons (Fsp3) is 0.111. The molecule has 116 valence electrons. The van der Waals surface area contributed by atoms with Crippen LogP contribution >= 0.6 is 11.8 Å². The maximum absolute atomic E-state index is 12.3. The monoisotopic (exact) mass is 323 g/mol. The van der Waals surface area contributed by atoms with E-state index in [0.717, 1.165) is 17.1 Å². The van der Waals surface area contributed by atoms with Crippen molar-refractivity contribution in [3.63, 3.8) is 0 Å². The van der Waals surface area contributed by atoms with Crippen molar-refractivity contribution in [2.75, 3.05) is 11.6 Å². The number of anilines is 1. The van der Waals surface area contributed by atoms with E-state index in [9.17, 15) is 4.79 Å². The lowest BCUT2D eigenvalue weighted by Crippen LogP contribution is -2.11. The molecule has 0 fully saturated rings. The fourth-order valence-electron chi connectivity index (χ4n) is 2.24. The van der Waals surface area contributed by atoms with Crippen LogP contribution in [0.4, 0.5) is 5.69 Å². The topological polar surface area (TPSA) is 46.9 Å². The second-order valence-corrected chi connectivity index (χ2v) is 5.95. The van der Waals surface area contributed by atoms with Crippen LogP contribution in [0.15, 0.2) is 67.0 Å². The van der Waals surface area contributed by atoms with Crippen LogP contribution < -0.4 is 5.32 Å². The summed E-state index contributed by atoms with van der Waals surface area (Å²) >= 11 is 1.76. The van der Waals surface area contributed by atoms with Crippen LogP contribution in [0, 0.1) is 0 Å². The molecule has 0 saturated carbocycles. The molecule has 3 rings (SSSR count). The summed E-state index contributed by atoms with van der Waals surface area (Å²) in [6.07, 6.45) is 5.67.